The number of aliphatic hydroxyl groups is 1. The monoisotopic (exact) mass is 310 g/mol. The molecule has 0 aromatic heterocycles. The number of rotatable bonds is 4. The summed E-state index contributed by atoms with van der Waals surface area (Å²) in [5, 5.41) is 10.9. The Kier molecular flexibility index (Phi) is 6.00. The van der Waals surface area contributed by atoms with Crippen molar-refractivity contribution in [2.24, 2.45) is 11.8 Å². The lowest BCUT2D eigenvalue weighted by atomic mass is 9.96. The fourth-order valence-corrected chi connectivity index (χ4v) is 2.21. The molecule has 0 radical (unpaired) electrons. The summed E-state index contributed by atoms with van der Waals surface area (Å²) in [5.41, 5.74) is 0. The van der Waals surface area contributed by atoms with Crippen LogP contribution in [0.1, 0.15) is 26.7 Å². The van der Waals surface area contributed by atoms with E-state index in [4.69, 9.17) is 5.11 Å². The largest absolute Gasteiger partial charge is 0.423 e. The van der Waals surface area contributed by atoms with E-state index in [2.05, 4.69) is 5.32 Å². The maximum atomic E-state index is 12.1. The Morgan fingerprint density at radius 1 is 1.29 bits per heavy atom. The van der Waals surface area contributed by atoms with Crippen molar-refractivity contribution in [3.63, 3.8) is 0 Å². The van der Waals surface area contributed by atoms with Crippen molar-refractivity contribution in [3.05, 3.63) is 0 Å². The van der Waals surface area contributed by atoms with Gasteiger partial charge >= 0.3 is 6.18 Å². The number of hydrogen-bond acceptors (Lipinski definition) is 3. The zero-order chi connectivity index (χ0) is 16.2. The molecule has 1 fully saturated rings. The second kappa shape index (κ2) is 7.11. The zero-order valence-corrected chi connectivity index (χ0v) is 12.1. The average molecular weight is 310 g/mol. The maximum Gasteiger partial charge on any atom is 0.423 e. The Morgan fingerprint density at radius 2 is 1.81 bits per heavy atom. The van der Waals surface area contributed by atoms with E-state index in [1.54, 1.807) is 4.90 Å². The summed E-state index contributed by atoms with van der Waals surface area (Å²) < 4.78 is 36.4. The first kappa shape index (κ1) is 17.7. The zero-order valence-electron chi connectivity index (χ0n) is 12.1. The van der Waals surface area contributed by atoms with Crippen LogP contribution >= 0.6 is 0 Å². The van der Waals surface area contributed by atoms with Gasteiger partial charge in [0, 0.05) is 25.6 Å². The maximum absolute atomic E-state index is 12.1. The summed E-state index contributed by atoms with van der Waals surface area (Å²) >= 11 is 0. The van der Waals surface area contributed by atoms with E-state index in [1.807, 2.05) is 13.8 Å². The van der Waals surface area contributed by atoms with Gasteiger partial charge in [-0.05, 0) is 18.8 Å². The van der Waals surface area contributed by atoms with Gasteiger partial charge in [0.15, 0.2) is 0 Å². The van der Waals surface area contributed by atoms with Gasteiger partial charge in [0.2, 0.25) is 12.0 Å². The lowest BCUT2D eigenvalue weighted by molar-refractivity contribution is -0.205. The molecule has 1 aliphatic heterocycles. The summed E-state index contributed by atoms with van der Waals surface area (Å²) in [5.74, 6) is -1.43. The Bertz CT molecular complexity index is 377. The normalized spacial score (nSPS) is 18.7. The predicted octanol–water partition coefficient (Wildman–Crippen LogP) is 0.920. The first-order valence-electron chi connectivity index (χ1n) is 6.94. The van der Waals surface area contributed by atoms with Crippen molar-refractivity contribution in [1.29, 1.82) is 0 Å². The molecule has 122 valence electrons. The Morgan fingerprint density at radius 3 is 2.24 bits per heavy atom. The molecule has 8 heteroatoms. The number of halogens is 3. The molecule has 0 aromatic rings. The number of likely N-dealkylation sites (tertiary alicyclic amines) is 1. The van der Waals surface area contributed by atoms with Crippen molar-refractivity contribution in [2.45, 2.75) is 39.0 Å². The minimum absolute atomic E-state index is 0.0191. The van der Waals surface area contributed by atoms with Crippen LogP contribution in [-0.2, 0) is 9.59 Å². The first-order chi connectivity index (χ1) is 9.62. The van der Waals surface area contributed by atoms with Crippen LogP contribution in [0.3, 0.4) is 0 Å². The van der Waals surface area contributed by atoms with Gasteiger partial charge in [-0.3, -0.25) is 9.59 Å². The van der Waals surface area contributed by atoms with Crippen molar-refractivity contribution < 1.29 is 27.9 Å². The molecule has 0 aromatic carbocycles. The molecule has 0 saturated carbocycles. The third kappa shape index (κ3) is 5.18. The fourth-order valence-electron chi connectivity index (χ4n) is 2.21. The molecule has 1 aliphatic rings. The summed E-state index contributed by atoms with van der Waals surface area (Å²) in [7, 11) is 0. The minimum Gasteiger partial charge on any atom is -0.376 e. The van der Waals surface area contributed by atoms with Gasteiger partial charge in [-0.15, -0.1) is 0 Å². The van der Waals surface area contributed by atoms with Gasteiger partial charge in [-0.25, -0.2) is 0 Å². The topological polar surface area (TPSA) is 69.6 Å². The molecular weight excluding hydrogens is 289 g/mol. The van der Waals surface area contributed by atoms with E-state index >= 15 is 0 Å². The van der Waals surface area contributed by atoms with Gasteiger partial charge in [0.25, 0.3) is 5.91 Å². The Hall–Kier alpha value is -1.31. The third-order valence-electron chi connectivity index (χ3n) is 3.54. The molecule has 2 amide bonds. The van der Waals surface area contributed by atoms with Gasteiger partial charge in [-0.2, -0.15) is 13.2 Å². The number of piperidine rings is 1. The number of alkyl halides is 3. The molecule has 0 spiro atoms. The summed E-state index contributed by atoms with van der Waals surface area (Å²) in [6.45, 7) is 4.79. The Labute approximate surface area is 121 Å². The van der Waals surface area contributed by atoms with Crippen molar-refractivity contribution in [2.75, 3.05) is 19.6 Å². The second-order valence-electron chi connectivity index (χ2n) is 5.61. The summed E-state index contributed by atoms with van der Waals surface area (Å²) in [4.78, 5) is 24.6. The second-order valence-corrected chi connectivity index (χ2v) is 5.61. The molecule has 0 bridgehead atoms. The lowest BCUT2D eigenvalue weighted by Crippen LogP contribution is -2.47. The quantitative estimate of drug-likeness (QED) is 0.811. The van der Waals surface area contributed by atoms with Crippen LogP contribution in [-0.4, -0.2) is 53.7 Å². The van der Waals surface area contributed by atoms with E-state index in [-0.39, 0.29) is 24.3 Å². The molecule has 1 rings (SSSR count). The predicted molar refractivity (Wildman–Crippen MR) is 69.2 cm³/mol. The van der Waals surface area contributed by atoms with Crippen LogP contribution in [0, 0.1) is 11.8 Å². The molecule has 0 aliphatic carbocycles. The van der Waals surface area contributed by atoms with Gasteiger partial charge in [-0.1, -0.05) is 13.8 Å². The summed E-state index contributed by atoms with van der Waals surface area (Å²) in [6.07, 6.45) is -6.68. The SMILES string of the molecule is CC(C)C(=O)N1CCC(CNC(=O)C(O)C(F)(F)F)CC1. The van der Waals surface area contributed by atoms with Crippen LogP contribution < -0.4 is 5.32 Å². The molecule has 21 heavy (non-hydrogen) atoms. The number of nitrogens with one attached hydrogen (secondary N) is 1. The first-order valence-corrected chi connectivity index (χ1v) is 6.94. The third-order valence-corrected chi connectivity index (χ3v) is 3.54. The van der Waals surface area contributed by atoms with Gasteiger partial charge in [0.05, 0.1) is 0 Å². The van der Waals surface area contributed by atoms with Crippen LogP contribution in [0.25, 0.3) is 0 Å². The Balaban J connectivity index is 2.34. The standard InChI is InChI=1S/C13H21F3N2O3/c1-8(2)12(21)18-5-3-9(4-6-18)7-17-11(20)10(19)13(14,15)16/h8-10,19H,3-7H2,1-2H3,(H,17,20). The van der Waals surface area contributed by atoms with E-state index < -0.39 is 18.2 Å². The van der Waals surface area contributed by atoms with Crippen LogP contribution in [0.4, 0.5) is 13.2 Å². The van der Waals surface area contributed by atoms with E-state index in [0.717, 1.165) is 0 Å². The number of nitrogens with zero attached hydrogens (tertiary/aromatic N) is 1. The van der Waals surface area contributed by atoms with Gasteiger partial charge < -0.3 is 15.3 Å². The van der Waals surface area contributed by atoms with E-state index in [9.17, 15) is 22.8 Å². The van der Waals surface area contributed by atoms with Crippen LogP contribution in [0.15, 0.2) is 0 Å². The number of carbonyl (C=O) groups excluding carboxylic acids is 2. The highest BCUT2D eigenvalue weighted by Crippen LogP contribution is 2.21. The number of amides is 2. The number of carbonyl (C=O) groups is 2. The highest BCUT2D eigenvalue weighted by atomic mass is 19.4. The fraction of sp³-hybridized carbons (Fsp3) is 0.846. The molecule has 1 atom stereocenters. The van der Waals surface area contributed by atoms with E-state index in [1.165, 1.54) is 0 Å². The van der Waals surface area contributed by atoms with Crippen molar-refractivity contribution >= 4 is 11.8 Å². The molecule has 1 heterocycles. The van der Waals surface area contributed by atoms with Crippen molar-refractivity contribution in [3.8, 4) is 0 Å². The van der Waals surface area contributed by atoms with Gasteiger partial charge in [0.1, 0.15) is 0 Å². The number of aliphatic hydroxyl groups excluding tert-OH is 1. The van der Waals surface area contributed by atoms with E-state index in [0.29, 0.717) is 25.9 Å². The smallest absolute Gasteiger partial charge is 0.376 e. The molecule has 5 nitrogen and oxygen atoms in total. The highest BCUT2D eigenvalue weighted by Gasteiger charge is 2.43. The highest BCUT2D eigenvalue weighted by molar-refractivity contribution is 5.81. The molecule has 2 N–H and O–H groups in total. The number of hydrogen-bond donors (Lipinski definition) is 2. The minimum atomic E-state index is -4.95. The molecule has 1 unspecified atom stereocenters. The average Bonchev–Trinajstić information content (AvgIpc) is 2.42. The molecular formula is C13H21F3N2O3. The summed E-state index contributed by atoms with van der Waals surface area (Å²) in [6, 6.07) is 0. The lowest BCUT2D eigenvalue weighted by Gasteiger charge is -2.33. The van der Waals surface area contributed by atoms with Crippen molar-refractivity contribution in [1.82, 2.24) is 10.2 Å². The van der Waals surface area contributed by atoms with Crippen LogP contribution in [0.5, 0.6) is 0 Å². The molecule has 1 saturated heterocycles. The van der Waals surface area contributed by atoms with Crippen LogP contribution in [0.2, 0.25) is 0 Å².